The van der Waals surface area contributed by atoms with Gasteiger partial charge >= 0.3 is 0 Å². The lowest BCUT2D eigenvalue weighted by atomic mass is 10.1. The molecule has 100 valence electrons. The van der Waals surface area contributed by atoms with E-state index >= 15 is 0 Å². The van der Waals surface area contributed by atoms with Crippen molar-refractivity contribution in [2.24, 2.45) is 0 Å². The molecule has 1 saturated heterocycles. The summed E-state index contributed by atoms with van der Waals surface area (Å²) in [6, 6.07) is 4.42. The van der Waals surface area contributed by atoms with Gasteiger partial charge in [0, 0.05) is 12.6 Å². The molecule has 1 aromatic heterocycles. The summed E-state index contributed by atoms with van der Waals surface area (Å²) in [5.74, 6) is -0.403. The summed E-state index contributed by atoms with van der Waals surface area (Å²) in [6.45, 7) is 1.59. The Balaban J connectivity index is 1.95. The second kappa shape index (κ2) is 5.09. The lowest BCUT2D eigenvalue weighted by Gasteiger charge is -2.23. The van der Waals surface area contributed by atoms with Crippen LogP contribution in [0.25, 0.3) is 10.9 Å². The molecular formula is C14H16FN3O. The minimum Gasteiger partial charge on any atom is -0.312 e. The Labute approximate surface area is 110 Å². The number of halogens is 1. The number of nitrogens with one attached hydrogen (secondary N) is 1. The summed E-state index contributed by atoms with van der Waals surface area (Å²) >= 11 is 0. The molecule has 0 bridgehead atoms. The highest BCUT2D eigenvalue weighted by molar-refractivity contribution is 5.77. The second-order valence-corrected chi connectivity index (χ2v) is 5.01. The molecule has 0 amide bonds. The maximum absolute atomic E-state index is 13.2. The molecule has 1 atom stereocenters. The molecule has 3 rings (SSSR count). The zero-order chi connectivity index (χ0) is 13.2. The summed E-state index contributed by atoms with van der Waals surface area (Å²) in [4.78, 5) is 16.5. The van der Waals surface area contributed by atoms with Crippen molar-refractivity contribution in [1.82, 2.24) is 14.9 Å². The first-order valence-electron chi connectivity index (χ1n) is 6.62. The van der Waals surface area contributed by atoms with Gasteiger partial charge in [0.05, 0.1) is 17.2 Å². The van der Waals surface area contributed by atoms with Crippen molar-refractivity contribution in [3.63, 3.8) is 0 Å². The van der Waals surface area contributed by atoms with E-state index in [4.69, 9.17) is 0 Å². The van der Waals surface area contributed by atoms with E-state index < -0.39 is 5.82 Å². The molecule has 0 radical (unpaired) electrons. The normalized spacial score (nSPS) is 19.7. The summed E-state index contributed by atoms with van der Waals surface area (Å²) in [5, 5.41) is 3.74. The SMILES string of the molecule is O=c1c2cc(F)ccc2ncn1CC1CCCCN1. The van der Waals surface area contributed by atoms with E-state index in [2.05, 4.69) is 10.3 Å². The van der Waals surface area contributed by atoms with Gasteiger partial charge in [-0.3, -0.25) is 9.36 Å². The number of nitrogens with zero attached hydrogens (tertiary/aromatic N) is 2. The number of rotatable bonds is 2. The predicted octanol–water partition coefficient (Wildman–Crippen LogP) is 1.68. The van der Waals surface area contributed by atoms with Gasteiger partial charge in [0.1, 0.15) is 5.82 Å². The monoisotopic (exact) mass is 261 g/mol. The van der Waals surface area contributed by atoms with Crippen LogP contribution < -0.4 is 10.9 Å². The zero-order valence-electron chi connectivity index (χ0n) is 10.6. The number of aromatic nitrogens is 2. The smallest absolute Gasteiger partial charge is 0.261 e. The van der Waals surface area contributed by atoms with E-state index in [9.17, 15) is 9.18 Å². The van der Waals surface area contributed by atoms with Crippen molar-refractivity contribution in [3.05, 3.63) is 40.7 Å². The summed E-state index contributed by atoms with van der Waals surface area (Å²) in [7, 11) is 0. The summed E-state index contributed by atoms with van der Waals surface area (Å²) in [6.07, 6.45) is 4.99. The maximum atomic E-state index is 13.2. The number of fused-ring (bicyclic) bond motifs is 1. The Morgan fingerprint density at radius 3 is 3.11 bits per heavy atom. The fourth-order valence-corrected chi connectivity index (χ4v) is 2.58. The van der Waals surface area contributed by atoms with Gasteiger partial charge in [0.25, 0.3) is 5.56 Å². The number of piperidine rings is 1. The van der Waals surface area contributed by atoms with Crippen LogP contribution in [0.15, 0.2) is 29.3 Å². The van der Waals surface area contributed by atoms with Gasteiger partial charge in [-0.25, -0.2) is 9.37 Å². The van der Waals surface area contributed by atoms with Crippen LogP contribution in [0.1, 0.15) is 19.3 Å². The van der Waals surface area contributed by atoms with Gasteiger partial charge < -0.3 is 5.32 Å². The average molecular weight is 261 g/mol. The van der Waals surface area contributed by atoms with Crippen LogP contribution in [0.5, 0.6) is 0 Å². The summed E-state index contributed by atoms with van der Waals surface area (Å²) in [5.41, 5.74) is 0.371. The molecule has 5 heteroatoms. The van der Waals surface area contributed by atoms with Crippen molar-refractivity contribution in [1.29, 1.82) is 0 Å². The van der Waals surface area contributed by atoms with Gasteiger partial charge in [-0.05, 0) is 37.6 Å². The Morgan fingerprint density at radius 1 is 1.42 bits per heavy atom. The molecule has 0 spiro atoms. The lowest BCUT2D eigenvalue weighted by molar-refractivity contribution is 0.359. The van der Waals surface area contributed by atoms with Gasteiger partial charge in [-0.2, -0.15) is 0 Å². The maximum Gasteiger partial charge on any atom is 0.261 e. The largest absolute Gasteiger partial charge is 0.312 e. The van der Waals surface area contributed by atoms with Crippen LogP contribution in [0.2, 0.25) is 0 Å². The van der Waals surface area contributed by atoms with E-state index in [1.54, 1.807) is 10.9 Å². The third-order valence-electron chi connectivity index (χ3n) is 3.62. The molecule has 1 N–H and O–H groups in total. The van der Waals surface area contributed by atoms with Crippen LogP contribution in [-0.4, -0.2) is 22.1 Å². The van der Waals surface area contributed by atoms with Gasteiger partial charge in [-0.1, -0.05) is 6.42 Å². The third kappa shape index (κ3) is 2.51. The van der Waals surface area contributed by atoms with Crippen LogP contribution in [0.4, 0.5) is 4.39 Å². The fourth-order valence-electron chi connectivity index (χ4n) is 2.58. The highest BCUT2D eigenvalue weighted by atomic mass is 19.1. The van der Waals surface area contributed by atoms with Crippen LogP contribution >= 0.6 is 0 Å². The molecule has 1 unspecified atom stereocenters. The van der Waals surface area contributed by atoms with Crippen molar-refractivity contribution in [3.8, 4) is 0 Å². The molecule has 1 aromatic carbocycles. The Morgan fingerprint density at radius 2 is 2.32 bits per heavy atom. The molecule has 19 heavy (non-hydrogen) atoms. The topological polar surface area (TPSA) is 46.9 Å². The predicted molar refractivity (Wildman–Crippen MR) is 71.6 cm³/mol. The molecule has 1 aliphatic heterocycles. The standard InChI is InChI=1S/C14H16FN3O/c15-10-4-5-13-12(7-10)14(19)18(9-17-13)8-11-3-1-2-6-16-11/h4-5,7,9,11,16H,1-3,6,8H2. The van der Waals surface area contributed by atoms with Gasteiger partial charge in [0.2, 0.25) is 0 Å². The third-order valence-corrected chi connectivity index (χ3v) is 3.62. The molecular weight excluding hydrogens is 245 g/mol. The minimum absolute atomic E-state index is 0.170. The number of hydrogen-bond donors (Lipinski definition) is 1. The highest BCUT2D eigenvalue weighted by Gasteiger charge is 2.14. The van der Waals surface area contributed by atoms with Crippen molar-refractivity contribution in [2.75, 3.05) is 6.54 Å². The highest BCUT2D eigenvalue weighted by Crippen LogP contribution is 2.11. The van der Waals surface area contributed by atoms with Crippen molar-refractivity contribution >= 4 is 10.9 Å². The number of benzene rings is 1. The molecule has 1 aliphatic rings. The van der Waals surface area contributed by atoms with E-state index in [-0.39, 0.29) is 5.56 Å². The lowest BCUT2D eigenvalue weighted by Crippen LogP contribution is -2.39. The van der Waals surface area contributed by atoms with Crippen LogP contribution in [0.3, 0.4) is 0 Å². The molecule has 2 heterocycles. The molecule has 2 aromatic rings. The van der Waals surface area contributed by atoms with Crippen molar-refractivity contribution in [2.45, 2.75) is 31.8 Å². The first kappa shape index (κ1) is 12.3. The minimum atomic E-state index is -0.403. The van der Waals surface area contributed by atoms with Gasteiger partial charge in [-0.15, -0.1) is 0 Å². The Hall–Kier alpha value is -1.75. The first-order chi connectivity index (χ1) is 9.24. The van der Waals surface area contributed by atoms with E-state index in [1.165, 1.54) is 31.0 Å². The quantitative estimate of drug-likeness (QED) is 0.894. The fraction of sp³-hybridized carbons (Fsp3) is 0.429. The molecule has 1 fully saturated rings. The molecule has 4 nitrogen and oxygen atoms in total. The summed E-state index contributed by atoms with van der Waals surface area (Å²) < 4.78 is 14.8. The van der Waals surface area contributed by atoms with E-state index in [0.29, 0.717) is 23.5 Å². The first-order valence-corrected chi connectivity index (χ1v) is 6.62. The Kier molecular flexibility index (Phi) is 3.29. The van der Waals surface area contributed by atoms with Crippen LogP contribution in [-0.2, 0) is 6.54 Å². The molecule has 0 aliphatic carbocycles. The van der Waals surface area contributed by atoms with E-state index in [0.717, 1.165) is 13.0 Å². The van der Waals surface area contributed by atoms with Crippen LogP contribution in [0, 0.1) is 5.82 Å². The van der Waals surface area contributed by atoms with Gasteiger partial charge in [0.15, 0.2) is 0 Å². The van der Waals surface area contributed by atoms with Crippen molar-refractivity contribution < 1.29 is 4.39 Å². The average Bonchev–Trinajstić information content (AvgIpc) is 2.44. The Bertz CT molecular complexity index is 647. The molecule has 0 saturated carbocycles. The number of hydrogen-bond acceptors (Lipinski definition) is 3. The zero-order valence-corrected chi connectivity index (χ0v) is 10.6. The second-order valence-electron chi connectivity index (χ2n) is 5.01. The van der Waals surface area contributed by atoms with E-state index in [1.807, 2.05) is 0 Å².